The summed E-state index contributed by atoms with van der Waals surface area (Å²) in [5, 5.41) is 11.5. The molecule has 0 spiro atoms. The zero-order chi connectivity index (χ0) is 25.8. The quantitative estimate of drug-likeness (QED) is 0.285. The van der Waals surface area contributed by atoms with E-state index in [4.69, 9.17) is 0 Å². The molecular formula is C27H29F4N3O. The summed E-state index contributed by atoms with van der Waals surface area (Å²) in [5.74, 6) is -1.24. The topological polar surface area (TPSA) is 61.8 Å². The van der Waals surface area contributed by atoms with Crippen LogP contribution in [0.25, 0.3) is 22.3 Å². The molecule has 3 heterocycles. The van der Waals surface area contributed by atoms with Crippen LogP contribution in [0.1, 0.15) is 49.9 Å². The van der Waals surface area contributed by atoms with Crippen molar-refractivity contribution in [1.82, 2.24) is 15.0 Å². The third kappa shape index (κ3) is 5.88. The second kappa shape index (κ2) is 10.6. The lowest BCUT2D eigenvalue weighted by molar-refractivity contribution is -0.263. The maximum absolute atomic E-state index is 14.0. The van der Waals surface area contributed by atoms with Gasteiger partial charge >= 0.3 is 6.18 Å². The number of benzene rings is 1. The Balaban J connectivity index is 0.00000167. The summed E-state index contributed by atoms with van der Waals surface area (Å²) < 4.78 is 55.8. The Labute approximate surface area is 202 Å². The predicted molar refractivity (Wildman–Crippen MR) is 130 cm³/mol. The van der Waals surface area contributed by atoms with Crippen LogP contribution in [0.15, 0.2) is 60.9 Å². The van der Waals surface area contributed by atoms with Crippen molar-refractivity contribution in [3.8, 4) is 11.4 Å². The van der Waals surface area contributed by atoms with Crippen molar-refractivity contribution >= 4 is 10.9 Å². The van der Waals surface area contributed by atoms with E-state index in [-0.39, 0.29) is 5.69 Å². The van der Waals surface area contributed by atoms with Gasteiger partial charge in [-0.1, -0.05) is 32.9 Å². The molecule has 1 aromatic carbocycles. The number of aromatic amines is 1. The highest BCUT2D eigenvalue weighted by Gasteiger charge is 2.54. The molecule has 2 atom stereocenters. The van der Waals surface area contributed by atoms with Gasteiger partial charge in [-0.3, -0.25) is 9.97 Å². The molecule has 3 aromatic heterocycles. The van der Waals surface area contributed by atoms with Gasteiger partial charge in [-0.05, 0) is 66.8 Å². The van der Waals surface area contributed by atoms with E-state index in [1.807, 2.05) is 19.9 Å². The first-order valence-electron chi connectivity index (χ1n) is 11.5. The summed E-state index contributed by atoms with van der Waals surface area (Å²) in [6, 6.07) is 12.7. The molecule has 186 valence electrons. The van der Waals surface area contributed by atoms with Gasteiger partial charge in [0, 0.05) is 23.7 Å². The van der Waals surface area contributed by atoms with Gasteiger partial charge in [-0.2, -0.15) is 13.2 Å². The summed E-state index contributed by atoms with van der Waals surface area (Å²) in [5.41, 5.74) is 0.147. The van der Waals surface area contributed by atoms with Crippen LogP contribution in [0.2, 0.25) is 0 Å². The number of hydrogen-bond donors (Lipinski definition) is 2. The molecule has 0 aliphatic carbocycles. The van der Waals surface area contributed by atoms with E-state index in [9.17, 15) is 22.7 Å². The maximum Gasteiger partial charge on any atom is 0.417 e. The number of nitrogens with one attached hydrogen (secondary N) is 1. The average molecular weight is 488 g/mol. The van der Waals surface area contributed by atoms with Crippen molar-refractivity contribution < 1.29 is 22.7 Å². The fourth-order valence-electron chi connectivity index (χ4n) is 4.20. The molecule has 0 fully saturated rings. The average Bonchev–Trinajstić information content (AvgIpc) is 3.22. The third-order valence-corrected chi connectivity index (χ3v) is 5.91. The number of alkyl halides is 3. The monoisotopic (exact) mass is 487 g/mol. The molecule has 2 N–H and O–H groups in total. The highest BCUT2D eigenvalue weighted by molar-refractivity contribution is 5.83. The summed E-state index contributed by atoms with van der Waals surface area (Å²) in [7, 11) is 0. The predicted octanol–water partition coefficient (Wildman–Crippen LogP) is 7.13. The van der Waals surface area contributed by atoms with Gasteiger partial charge < -0.3 is 10.1 Å². The number of hydrogen-bond acceptors (Lipinski definition) is 3. The minimum atomic E-state index is -4.88. The molecule has 0 saturated carbocycles. The number of pyridine rings is 2. The number of aromatic nitrogens is 3. The third-order valence-electron chi connectivity index (χ3n) is 5.91. The lowest BCUT2D eigenvalue weighted by Gasteiger charge is -2.33. The molecular weight excluding hydrogens is 458 g/mol. The summed E-state index contributed by atoms with van der Waals surface area (Å²) in [6.07, 6.45) is -2.98. The Hall–Kier alpha value is -3.26. The Bertz CT molecular complexity index is 1270. The number of rotatable bonds is 6. The second-order valence-electron chi connectivity index (χ2n) is 8.48. The maximum atomic E-state index is 14.0. The first kappa shape index (κ1) is 26.3. The standard InChI is InChI=1S/C25H23F4N3O.C2H6/c1-15-6-7-18(26)11-20(15)16(2)12-24(33,25(27,28)29)13-19-9-17-10-22(31-14-23(17)32-19)21-5-3-4-8-30-21;1-2/h3-11,14,16,32-33H,12-13H2,1-2H3;1-2H3. The van der Waals surface area contributed by atoms with Gasteiger partial charge in [0.25, 0.3) is 0 Å². The van der Waals surface area contributed by atoms with Crippen molar-refractivity contribution in [3.05, 3.63) is 83.6 Å². The molecule has 0 amide bonds. The van der Waals surface area contributed by atoms with E-state index in [0.717, 1.165) is 0 Å². The number of aliphatic hydroxyl groups is 1. The zero-order valence-electron chi connectivity index (χ0n) is 20.1. The normalized spacial score (nSPS) is 14.2. The van der Waals surface area contributed by atoms with Crippen molar-refractivity contribution in [3.63, 3.8) is 0 Å². The molecule has 0 aliphatic heterocycles. The Morgan fingerprint density at radius 2 is 1.74 bits per heavy atom. The SMILES string of the molecule is CC.Cc1ccc(F)cc1C(C)CC(O)(Cc1cc2cc(-c3ccccn3)ncc2[nH]1)C(F)(F)F. The Kier molecular flexibility index (Phi) is 7.95. The van der Waals surface area contributed by atoms with Gasteiger partial charge in [0.15, 0.2) is 5.60 Å². The van der Waals surface area contributed by atoms with E-state index in [1.54, 1.807) is 44.3 Å². The number of halogens is 4. The van der Waals surface area contributed by atoms with Crippen LogP contribution < -0.4 is 0 Å². The highest BCUT2D eigenvalue weighted by atomic mass is 19.4. The van der Waals surface area contributed by atoms with Crippen molar-refractivity contribution in [2.24, 2.45) is 0 Å². The van der Waals surface area contributed by atoms with Crippen LogP contribution in [-0.4, -0.2) is 31.8 Å². The lowest BCUT2D eigenvalue weighted by Crippen LogP contribution is -2.48. The minimum absolute atomic E-state index is 0.230. The van der Waals surface area contributed by atoms with E-state index in [2.05, 4.69) is 15.0 Å². The lowest BCUT2D eigenvalue weighted by atomic mass is 9.82. The first-order chi connectivity index (χ1) is 16.6. The number of nitrogens with zero attached hydrogens (tertiary/aromatic N) is 2. The second-order valence-corrected chi connectivity index (χ2v) is 8.48. The van der Waals surface area contributed by atoms with E-state index in [0.29, 0.717) is 33.4 Å². The molecule has 35 heavy (non-hydrogen) atoms. The minimum Gasteiger partial charge on any atom is -0.380 e. The van der Waals surface area contributed by atoms with Gasteiger partial charge in [-0.25, -0.2) is 4.39 Å². The van der Waals surface area contributed by atoms with Gasteiger partial charge in [0.2, 0.25) is 0 Å². The van der Waals surface area contributed by atoms with Crippen molar-refractivity contribution in [2.45, 2.75) is 58.2 Å². The van der Waals surface area contributed by atoms with Crippen LogP contribution in [0.3, 0.4) is 0 Å². The summed E-state index contributed by atoms with van der Waals surface area (Å²) in [6.45, 7) is 7.27. The van der Waals surface area contributed by atoms with Gasteiger partial charge in [0.05, 0.1) is 23.1 Å². The van der Waals surface area contributed by atoms with Crippen LogP contribution in [-0.2, 0) is 6.42 Å². The molecule has 4 nitrogen and oxygen atoms in total. The van der Waals surface area contributed by atoms with Gasteiger partial charge in [-0.15, -0.1) is 0 Å². The summed E-state index contributed by atoms with van der Waals surface area (Å²) in [4.78, 5) is 11.5. The van der Waals surface area contributed by atoms with Crippen LogP contribution in [0.5, 0.6) is 0 Å². The molecule has 8 heteroatoms. The number of H-pyrrole nitrogens is 1. The number of aryl methyl sites for hydroxylation is 1. The highest BCUT2D eigenvalue weighted by Crippen LogP contribution is 2.41. The van der Waals surface area contributed by atoms with Gasteiger partial charge in [0.1, 0.15) is 5.82 Å². The fraction of sp³-hybridized carbons (Fsp3) is 0.333. The number of fused-ring (bicyclic) bond motifs is 1. The Morgan fingerprint density at radius 3 is 2.40 bits per heavy atom. The van der Waals surface area contributed by atoms with Crippen LogP contribution in [0, 0.1) is 12.7 Å². The van der Waals surface area contributed by atoms with Crippen LogP contribution >= 0.6 is 0 Å². The molecule has 0 radical (unpaired) electrons. The zero-order valence-corrected chi connectivity index (χ0v) is 20.1. The molecule has 4 rings (SSSR count). The molecule has 2 unspecified atom stereocenters. The van der Waals surface area contributed by atoms with Crippen LogP contribution in [0.4, 0.5) is 17.6 Å². The van der Waals surface area contributed by atoms with E-state index >= 15 is 0 Å². The Morgan fingerprint density at radius 1 is 1.00 bits per heavy atom. The smallest absolute Gasteiger partial charge is 0.380 e. The molecule has 0 saturated heterocycles. The first-order valence-corrected chi connectivity index (χ1v) is 11.5. The summed E-state index contributed by atoms with van der Waals surface area (Å²) >= 11 is 0. The van der Waals surface area contributed by atoms with E-state index in [1.165, 1.54) is 24.4 Å². The molecule has 0 aliphatic rings. The largest absolute Gasteiger partial charge is 0.417 e. The van der Waals surface area contributed by atoms with E-state index < -0.39 is 36.4 Å². The fourth-order valence-corrected chi connectivity index (χ4v) is 4.20. The molecule has 4 aromatic rings. The molecule has 0 bridgehead atoms. The van der Waals surface area contributed by atoms with Crippen molar-refractivity contribution in [2.75, 3.05) is 0 Å². The van der Waals surface area contributed by atoms with Crippen molar-refractivity contribution in [1.29, 1.82) is 0 Å².